The minimum Gasteiger partial charge on any atom is -0.457 e. The second-order valence-electron chi connectivity index (χ2n) is 11.1. The Morgan fingerprint density at radius 2 is 1.20 bits per heavy atom. The number of unbranched alkanes of at least 4 members (excludes halogenated alkanes) is 10. The summed E-state index contributed by atoms with van der Waals surface area (Å²) in [6, 6.07) is 0. The number of carbonyl (C=O) groups is 1. The van der Waals surface area contributed by atoms with E-state index in [0.717, 1.165) is 25.7 Å². The molecule has 0 aromatic carbocycles. The maximum Gasteiger partial charge on any atom is 0.470 e. The number of aliphatic hydroxyl groups is 6. The first-order valence-electron chi connectivity index (χ1n) is 14.9. The zero-order valence-electron chi connectivity index (χ0n) is 23.8. The summed E-state index contributed by atoms with van der Waals surface area (Å²) in [6.45, 7) is 1.87. The van der Waals surface area contributed by atoms with Crippen molar-refractivity contribution in [1.29, 1.82) is 0 Å². The van der Waals surface area contributed by atoms with Crippen molar-refractivity contribution in [3.63, 3.8) is 0 Å². The molecule has 6 unspecified atom stereocenters. The monoisotopic (exact) mass is 600 g/mol. The standard InChI is InChI=1S/C27H53O12P/c1-2-3-4-5-6-7-8-9-10-11-12-14-19(17-20(29)18-28)15-13-16-21(30)38-26-22(31)24(33)27(25(34)23(26)32)39-40(35,36)37/h19-20,22-29,31-34H,2-18H2,1H3,(H2,35,36,37). The van der Waals surface area contributed by atoms with Gasteiger partial charge in [-0.1, -0.05) is 84.0 Å². The van der Waals surface area contributed by atoms with E-state index in [4.69, 9.17) is 14.5 Å². The van der Waals surface area contributed by atoms with Crippen LogP contribution in [0, 0.1) is 5.92 Å². The molecule has 8 N–H and O–H groups in total. The molecular formula is C27H53O12P. The molecule has 0 heterocycles. The van der Waals surface area contributed by atoms with Crippen LogP contribution in [0.5, 0.6) is 0 Å². The second-order valence-corrected chi connectivity index (χ2v) is 12.3. The molecule has 0 aromatic rings. The van der Waals surface area contributed by atoms with E-state index in [1.54, 1.807) is 0 Å². The van der Waals surface area contributed by atoms with Gasteiger partial charge in [0.2, 0.25) is 0 Å². The lowest BCUT2D eigenvalue weighted by Crippen LogP contribution is -2.65. The highest BCUT2D eigenvalue weighted by Gasteiger charge is 2.53. The van der Waals surface area contributed by atoms with E-state index in [2.05, 4.69) is 11.4 Å². The fourth-order valence-corrected chi connectivity index (χ4v) is 5.85. The summed E-state index contributed by atoms with van der Waals surface area (Å²) in [5.74, 6) is -0.707. The number of ether oxygens (including phenoxy) is 1. The Hall–Kier alpha value is -0.660. The molecule has 0 saturated heterocycles. The van der Waals surface area contributed by atoms with Crippen molar-refractivity contribution in [1.82, 2.24) is 0 Å². The third kappa shape index (κ3) is 15.0. The SMILES string of the molecule is CCCCCCCCCCCCCC(CCCC(=O)OC1C(O)C(O)C(OP(=O)(O)O)C(O)C1O)CC(O)CO. The minimum absolute atomic E-state index is 0.0888. The lowest BCUT2D eigenvalue weighted by atomic mass is 9.85. The Morgan fingerprint density at radius 1 is 0.750 bits per heavy atom. The number of aliphatic hydroxyl groups excluding tert-OH is 6. The number of carbonyl (C=O) groups excluding carboxylic acids is 1. The van der Waals surface area contributed by atoms with Crippen LogP contribution in [0.1, 0.15) is 110 Å². The van der Waals surface area contributed by atoms with Crippen LogP contribution in [0.2, 0.25) is 0 Å². The van der Waals surface area contributed by atoms with Crippen LogP contribution >= 0.6 is 7.82 Å². The highest BCUT2D eigenvalue weighted by atomic mass is 31.2. The van der Waals surface area contributed by atoms with Crippen LogP contribution in [0.15, 0.2) is 0 Å². The van der Waals surface area contributed by atoms with E-state index < -0.39 is 56.5 Å². The smallest absolute Gasteiger partial charge is 0.457 e. The zero-order chi connectivity index (χ0) is 30.1. The molecule has 12 nitrogen and oxygen atoms in total. The molecule has 13 heteroatoms. The van der Waals surface area contributed by atoms with Gasteiger partial charge in [-0.3, -0.25) is 9.32 Å². The van der Waals surface area contributed by atoms with Crippen molar-refractivity contribution >= 4 is 13.8 Å². The Balaban J connectivity index is 2.41. The molecular weight excluding hydrogens is 547 g/mol. The van der Waals surface area contributed by atoms with Crippen molar-refractivity contribution in [2.24, 2.45) is 5.92 Å². The first-order valence-corrected chi connectivity index (χ1v) is 16.4. The lowest BCUT2D eigenvalue weighted by Gasteiger charge is -2.42. The van der Waals surface area contributed by atoms with Crippen LogP contribution in [-0.2, 0) is 18.6 Å². The zero-order valence-corrected chi connectivity index (χ0v) is 24.7. The van der Waals surface area contributed by atoms with Crippen LogP contribution in [0.3, 0.4) is 0 Å². The van der Waals surface area contributed by atoms with E-state index >= 15 is 0 Å². The predicted octanol–water partition coefficient (Wildman–Crippen LogP) is 2.06. The number of phosphoric acid groups is 1. The van der Waals surface area contributed by atoms with Gasteiger partial charge in [-0.2, -0.15) is 0 Å². The number of esters is 1. The minimum atomic E-state index is -5.15. The molecule has 0 spiro atoms. The van der Waals surface area contributed by atoms with Gasteiger partial charge >= 0.3 is 13.8 Å². The van der Waals surface area contributed by atoms with Crippen molar-refractivity contribution < 1.29 is 59.0 Å². The fraction of sp³-hybridized carbons (Fsp3) is 0.963. The Labute approximate surface area is 238 Å². The van der Waals surface area contributed by atoms with Crippen molar-refractivity contribution in [3.8, 4) is 0 Å². The Bertz CT molecular complexity index is 704. The van der Waals surface area contributed by atoms with Gasteiger partial charge in [0.25, 0.3) is 0 Å². The average molecular weight is 601 g/mol. The van der Waals surface area contributed by atoms with E-state index in [1.807, 2.05) is 0 Å². The van der Waals surface area contributed by atoms with Crippen molar-refractivity contribution in [2.45, 2.75) is 152 Å². The molecule has 1 fully saturated rings. The summed E-state index contributed by atoms with van der Waals surface area (Å²) < 4.78 is 20.4. The first kappa shape index (κ1) is 37.4. The van der Waals surface area contributed by atoms with E-state index in [-0.39, 0.29) is 18.9 Å². The molecule has 0 radical (unpaired) electrons. The average Bonchev–Trinajstić information content (AvgIpc) is 2.90. The molecule has 1 saturated carbocycles. The van der Waals surface area contributed by atoms with Crippen molar-refractivity contribution in [3.05, 3.63) is 0 Å². The maximum absolute atomic E-state index is 12.4. The van der Waals surface area contributed by atoms with E-state index in [0.29, 0.717) is 19.3 Å². The highest BCUT2D eigenvalue weighted by molar-refractivity contribution is 7.46. The molecule has 238 valence electrons. The molecule has 0 aliphatic heterocycles. The lowest BCUT2D eigenvalue weighted by molar-refractivity contribution is -0.230. The van der Waals surface area contributed by atoms with Gasteiger partial charge in [-0.25, -0.2) is 4.57 Å². The van der Waals surface area contributed by atoms with Gasteiger partial charge in [0, 0.05) is 6.42 Å². The highest BCUT2D eigenvalue weighted by Crippen LogP contribution is 2.41. The topological polar surface area (TPSA) is 214 Å². The van der Waals surface area contributed by atoms with Gasteiger partial charge in [0.05, 0.1) is 12.7 Å². The third-order valence-electron chi connectivity index (χ3n) is 7.60. The summed E-state index contributed by atoms with van der Waals surface area (Å²) in [5.41, 5.74) is 0. The predicted molar refractivity (Wildman–Crippen MR) is 147 cm³/mol. The molecule has 6 atom stereocenters. The molecule has 1 rings (SSSR count). The summed E-state index contributed by atoms with van der Waals surface area (Å²) in [6.07, 6.45) is 3.08. The number of hydrogen-bond acceptors (Lipinski definition) is 10. The number of rotatable bonds is 22. The second kappa shape index (κ2) is 20.3. The molecule has 40 heavy (non-hydrogen) atoms. The normalized spacial score (nSPS) is 26.9. The van der Waals surface area contributed by atoms with E-state index in [1.165, 1.54) is 51.4 Å². The van der Waals surface area contributed by atoms with Crippen LogP contribution in [0.4, 0.5) is 0 Å². The summed E-state index contributed by atoms with van der Waals surface area (Å²) in [4.78, 5) is 30.3. The first-order chi connectivity index (χ1) is 18.9. The number of hydrogen-bond donors (Lipinski definition) is 8. The third-order valence-corrected chi connectivity index (χ3v) is 8.12. The molecule has 1 aliphatic carbocycles. The molecule has 1 aliphatic rings. The summed E-state index contributed by atoms with van der Waals surface area (Å²) in [5, 5.41) is 59.9. The van der Waals surface area contributed by atoms with Gasteiger partial charge in [-0.05, 0) is 25.2 Å². The fourth-order valence-electron chi connectivity index (χ4n) is 5.29. The van der Waals surface area contributed by atoms with Gasteiger partial charge < -0.3 is 45.2 Å². The molecule has 0 amide bonds. The van der Waals surface area contributed by atoms with Crippen molar-refractivity contribution in [2.75, 3.05) is 6.61 Å². The Morgan fingerprint density at radius 3 is 1.68 bits per heavy atom. The van der Waals surface area contributed by atoms with Crippen LogP contribution in [0.25, 0.3) is 0 Å². The molecule has 0 aromatic heterocycles. The summed E-state index contributed by atoms with van der Waals surface area (Å²) >= 11 is 0. The van der Waals surface area contributed by atoms with Crippen LogP contribution in [-0.4, -0.2) is 95.7 Å². The maximum atomic E-state index is 12.4. The quantitative estimate of drug-likeness (QED) is 0.0509. The van der Waals surface area contributed by atoms with Gasteiger partial charge in [0.1, 0.15) is 30.5 Å². The largest absolute Gasteiger partial charge is 0.470 e. The van der Waals surface area contributed by atoms with E-state index in [9.17, 15) is 40.0 Å². The van der Waals surface area contributed by atoms with Gasteiger partial charge in [-0.15, -0.1) is 0 Å². The molecule has 0 bridgehead atoms. The number of phosphoric ester groups is 1. The van der Waals surface area contributed by atoms with Gasteiger partial charge in [0.15, 0.2) is 6.10 Å². The van der Waals surface area contributed by atoms with Crippen LogP contribution < -0.4 is 0 Å². The summed E-state index contributed by atoms with van der Waals surface area (Å²) in [7, 11) is -5.15. The Kier molecular flexibility index (Phi) is 18.9.